The molecule has 0 radical (unpaired) electrons. The Balaban J connectivity index is 2.32. The minimum Gasteiger partial charge on any atom is -0.398 e. The number of nitrogens with zero attached hydrogens (tertiary/aromatic N) is 1. The Labute approximate surface area is 121 Å². The van der Waals surface area contributed by atoms with Crippen LogP contribution in [0.1, 0.15) is 11.1 Å². The molecule has 19 heavy (non-hydrogen) atoms. The zero-order valence-corrected chi connectivity index (χ0v) is 11.7. The molecule has 0 spiro atoms. The maximum atomic E-state index is 10.8. The third-order valence-electron chi connectivity index (χ3n) is 2.68. The predicted molar refractivity (Wildman–Crippen MR) is 81.3 cm³/mol. The van der Waals surface area contributed by atoms with Crippen LogP contribution in [0.25, 0.3) is 0 Å². The summed E-state index contributed by atoms with van der Waals surface area (Å²) in [6.07, 6.45) is 0.572. The van der Waals surface area contributed by atoms with E-state index in [2.05, 4.69) is 25.3 Å². The average Bonchev–Trinajstić information content (AvgIpc) is 2.33. The van der Waals surface area contributed by atoms with Crippen molar-refractivity contribution in [2.45, 2.75) is 16.2 Å². The Kier molecular flexibility index (Phi) is 4.01. The van der Waals surface area contributed by atoms with Gasteiger partial charge in [0.1, 0.15) is 0 Å². The van der Waals surface area contributed by atoms with Crippen LogP contribution in [0.3, 0.4) is 0 Å². The van der Waals surface area contributed by atoms with Gasteiger partial charge < -0.3 is 5.73 Å². The van der Waals surface area contributed by atoms with Crippen LogP contribution in [0.5, 0.6) is 0 Å². The van der Waals surface area contributed by atoms with Gasteiger partial charge in [0.2, 0.25) is 0 Å². The number of thiol groups is 2. The molecule has 6 heteroatoms. The van der Waals surface area contributed by atoms with Gasteiger partial charge in [-0.15, -0.1) is 25.3 Å². The Bertz CT molecular complexity index is 645. The summed E-state index contributed by atoms with van der Waals surface area (Å²) in [5.74, 6) is 0. The van der Waals surface area contributed by atoms with Gasteiger partial charge in [-0.2, -0.15) is 0 Å². The molecule has 0 bridgehead atoms. The predicted octanol–water partition coefficient (Wildman–Crippen LogP) is 3.35. The smallest absolute Gasteiger partial charge is 0.270 e. The molecule has 0 atom stereocenters. The highest BCUT2D eigenvalue weighted by Crippen LogP contribution is 2.24. The Morgan fingerprint density at radius 1 is 1.11 bits per heavy atom. The van der Waals surface area contributed by atoms with E-state index in [1.165, 1.54) is 6.07 Å². The van der Waals surface area contributed by atoms with E-state index in [9.17, 15) is 10.1 Å². The fraction of sp³-hybridized carbons (Fsp3) is 0.0769. The molecule has 0 aliphatic heterocycles. The number of nitro benzene ring substituents is 1. The highest BCUT2D eigenvalue weighted by Gasteiger charge is 2.09. The molecule has 0 unspecified atom stereocenters. The maximum Gasteiger partial charge on any atom is 0.270 e. The number of anilines is 1. The summed E-state index contributed by atoms with van der Waals surface area (Å²) in [6, 6.07) is 10.3. The number of hydrogen-bond donors (Lipinski definition) is 3. The number of hydrogen-bond acceptors (Lipinski definition) is 5. The minimum atomic E-state index is -0.420. The first-order valence-corrected chi connectivity index (χ1v) is 6.40. The molecule has 0 fully saturated rings. The molecule has 0 heterocycles. The molecule has 98 valence electrons. The van der Waals surface area contributed by atoms with E-state index in [1.54, 1.807) is 12.1 Å². The SMILES string of the molecule is Nc1ccc(Cc2cc(S)cc([N+](=O)[O-])c2)cc1S. The first-order chi connectivity index (χ1) is 8.95. The second kappa shape index (κ2) is 5.54. The molecule has 2 aromatic rings. The lowest BCUT2D eigenvalue weighted by atomic mass is 10.0. The van der Waals surface area contributed by atoms with Crippen LogP contribution in [-0.4, -0.2) is 4.92 Å². The summed E-state index contributed by atoms with van der Waals surface area (Å²) in [7, 11) is 0. The van der Waals surface area contributed by atoms with Crippen LogP contribution >= 0.6 is 25.3 Å². The molecular formula is C13H12N2O2S2. The van der Waals surface area contributed by atoms with E-state index >= 15 is 0 Å². The summed E-state index contributed by atoms with van der Waals surface area (Å²) in [4.78, 5) is 11.7. The second-order valence-corrected chi connectivity index (χ2v) is 5.18. The van der Waals surface area contributed by atoms with E-state index in [-0.39, 0.29) is 5.69 Å². The molecule has 2 N–H and O–H groups in total. The van der Waals surface area contributed by atoms with Gasteiger partial charge in [-0.3, -0.25) is 10.1 Å². The highest BCUT2D eigenvalue weighted by atomic mass is 32.1. The van der Waals surface area contributed by atoms with Crippen LogP contribution in [0.15, 0.2) is 46.2 Å². The largest absolute Gasteiger partial charge is 0.398 e. The van der Waals surface area contributed by atoms with Gasteiger partial charge in [-0.05, 0) is 35.7 Å². The van der Waals surface area contributed by atoms with Crippen molar-refractivity contribution >= 4 is 36.6 Å². The third-order valence-corrected chi connectivity index (χ3v) is 3.32. The van der Waals surface area contributed by atoms with E-state index < -0.39 is 4.92 Å². The van der Waals surface area contributed by atoms with E-state index in [4.69, 9.17) is 5.73 Å². The van der Waals surface area contributed by atoms with Crippen LogP contribution < -0.4 is 5.73 Å². The third kappa shape index (κ3) is 3.42. The molecule has 2 aromatic carbocycles. The first-order valence-electron chi connectivity index (χ1n) is 5.50. The number of nitro groups is 1. The lowest BCUT2D eigenvalue weighted by Crippen LogP contribution is -1.94. The summed E-state index contributed by atoms with van der Waals surface area (Å²) in [5, 5.41) is 10.8. The van der Waals surface area contributed by atoms with Crippen LogP contribution in [0.2, 0.25) is 0 Å². The highest BCUT2D eigenvalue weighted by molar-refractivity contribution is 7.80. The van der Waals surface area contributed by atoms with Crippen LogP contribution in [0.4, 0.5) is 11.4 Å². The summed E-state index contributed by atoms with van der Waals surface area (Å²) in [6.45, 7) is 0. The van der Waals surface area contributed by atoms with Crippen molar-refractivity contribution in [2.24, 2.45) is 0 Å². The standard InChI is InChI=1S/C13H12N2O2S2/c14-12-2-1-8(6-13(12)19)3-9-4-10(15(16)17)7-11(18)5-9/h1-2,4-7,18-19H,3,14H2. The van der Waals surface area contributed by atoms with Gasteiger partial charge in [0.25, 0.3) is 5.69 Å². The lowest BCUT2D eigenvalue weighted by molar-refractivity contribution is -0.385. The summed E-state index contributed by atoms with van der Waals surface area (Å²) >= 11 is 8.44. The number of nitrogens with two attached hydrogens (primary N) is 1. The Hall–Kier alpha value is -1.66. The lowest BCUT2D eigenvalue weighted by Gasteiger charge is -2.06. The second-order valence-electron chi connectivity index (χ2n) is 4.18. The van der Waals surface area contributed by atoms with Crippen LogP contribution in [0, 0.1) is 10.1 Å². The van der Waals surface area contributed by atoms with Crippen molar-refractivity contribution in [3.8, 4) is 0 Å². The van der Waals surface area contributed by atoms with Gasteiger partial charge in [0.05, 0.1) is 4.92 Å². The fourth-order valence-corrected chi connectivity index (χ4v) is 2.34. The first kappa shape index (κ1) is 13.8. The summed E-state index contributed by atoms with van der Waals surface area (Å²) < 4.78 is 0. The number of non-ortho nitro benzene ring substituents is 1. The molecular weight excluding hydrogens is 280 g/mol. The van der Waals surface area contributed by atoms with Crippen molar-refractivity contribution in [1.82, 2.24) is 0 Å². The van der Waals surface area contributed by atoms with Gasteiger partial charge in [0, 0.05) is 27.6 Å². The van der Waals surface area contributed by atoms with E-state index in [0.717, 1.165) is 11.1 Å². The normalized spacial score (nSPS) is 10.4. The van der Waals surface area contributed by atoms with Crippen molar-refractivity contribution in [1.29, 1.82) is 0 Å². The molecule has 0 aromatic heterocycles. The van der Waals surface area contributed by atoms with E-state index in [0.29, 0.717) is 21.9 Å². The number of nitrogen functional groups attached to an aromatic ring is 1. The molecule has 0 saturated heterocycles. The zero-order chi connectivity index (χ0) is 14.0. The topological polar surface area (TPSA) is 69.2 Å². The average molecular weight is 292 g/mol. The quantitative estimate of drug-likeness (QED) is 0.352. The molecule has 0 aliphatic rings. The monoisotopic (exact) mass is 292 g/mol. The number of benzene rings is 2. The van der Waals surface area contributed by atoms with Gasteiger partial charge in [0.15, 0.2) is 0 Å². The molecule has 0 aliphatic carbocycles. The molecule has 2 rings (SSSR count). The fourth-order valence-electron chi connectivity index (χ4n) is 1.80. The number of rotatable bonds is 3. The Morgan fingerprint density at radius 3 is 2.47 bits per heavy atom. The van der Waals surface area contributed by atoms with E-state index in [1.807, 2.05) is 18.2 Å². The van der Waals surface area contributed by atoms with Crippen molar-refractivity contribution in [3.63, 3.8) is 0 Å². The maximum absolute atomic E-state index is 10.8. The van der Waals surface area contributed by atoms with Crippen molar-refractivity contribution in [3.05, 3.63) is 57.6 Å². The Morgan fingerprint density at radius 2 is 1.84 bits per heavy atom. The molecule has 4 nitrogen and oxygen atoms in total. The zero-order valence-electron chi connectivity index (χ0n) is 9.91. The minimum absolute atomic E-state index is 0.0454. The van der Waals surface area contributed by atoms with Crippen molar-refractivity contribution < 1.29 is 4.92 Å². The van der Waals surface area contributed by atoms with Crippen LogP contribution in [-0.2, 0) is 6.42 Å². The summed E-state index contributed by atoms with van der Waals surface area (Å²) in [5.41, 5.74) is 8.17. The molecule has 0 amide bonds. The van der Waals surface area contributed by atoms with Gasteiger partial charge >= 0.3 is 0 Å². The van der Waals surface area contributed by atoms with Gasteiger partial charge in [-0.1, -0.05) is 6.07 Å². The molecule has 0 saturated carbocycles. The van der Waals surface area contributed by atoms with Crippen molar-refractivity contribution in [2.75, 3.05) is 5.73 Å². The van der Waals surface area contributed by atoms with Gasteiger partial charge in [-0.25, -0.2) is 0 Å².